The maximum absolute atomic E-state index is 11.1. The number of carboxylic acids is 1. The fourth-order valence-electron chi connectivity index (χ4n) is 3.39. The van der Waals surface area contributed by atoms with Gasteiger partial charge >= 0.3 is 5.97 Å². The van der Waals surface area contributed by atoms with Crippen LogP contribution < -0.4 is 0 Å². The van der Waals surface area contributed by atoms with Crippen LogP contribution in [0.2, 0.25) is 0 Å². The number of hydrogen-bond acceptors (Lipinski definition) is 3. The summed E-state index contributed by atoms with van der Waals surface area (Å²) >= 11 is 0. The third-order valence-electron chi connectivity index (χ3n) is 4.70. The van der Waals surface area contributed by atoms with Crippen LogP contribution in [0.15, 0.2) is 0 Å². The van der Waals surface area contributed by atoms with E-state index in [0.717, 1.165) is 26.2 Å². The van der Waals surface area contributed by atoms with Crippen molar-refractivity contribution >= 4 is 5.97 Å². The van der Waals surface area contributed by atoms with Crippen LogP contribution in [0.1, 0.15) is 33.6 Å². The highest BCUT2D eigenvalue weighted by molar-refractivity contribution is 5.71. The monoisotopic (exact) mass is 254 g/mol. The highest BCUT2D eigenvalue weighted by Crippen LogP contribution is 2.28. The topological polar surface area (TPSA) is 43.8 Å². The molecule has 2 rings (SSSR count). The number of piperidine rings is 1. The lowest BCUT2D eigenvalue weighted by atomic mass is 9.99. The highest BCUT2D eigenvalue weighted by atomic mass is 16.4. The van der Waals surface area contributed by atoms with E-state index in [1.54, 1.807) is 0 Å². The Morgan fingerprint density at radius 1 is 1.22 bits per heavy atom. The van der Waals surface area contributed by atoms with E-state index in [4.69, 9.17) is 0 Å². The molecule has 18 heavy (non-hydrogen) atoms. The molecule has 0 bridgehead atoms. The van der Waals surface area contributed by atoms with Gasteiger partial charge in [0.15, 0.2) is 0 Å². The molecule has 4 heteroatoms. The van der Waals surface area contributed by atoms with E-state index in [2.05, 4.69) is 30.6 Å². The van der Waals surface area contributed by atoms with Gasteiger partial charge in [0.2, 0.25) is 0 Å². The van der Waals surface area contributed by atoms with Crippen LogP contribution in [-0.4, -0.2) is 59.1 Å². The maximum Gasteiger partial charge on any atom is 0.308 e. The van der Waals surface area contributed by atoms with Crippen LogP contribution in [-0.2, 0) is 4.79 Å². The van der Waals surface area contributed by atoms with Gasteiger partial charge in [-0.25, -0.2) is 0 Å². The minimum Gasteiger partial charge on any atom is -0.481 e. The predicted molar refractivity (Wildman–Crippen MR) is 71.6 cm³/mol. The van der Waals surface area contributed by atoms with Gasteiger partial charge in [-0.2, -0.15) is 0 Å². The molecule has 2 atom stereocenters. The Morgan fingerprint density at radius 3 is 2.28 bits per heavy atom. The second-order valence-electron chi connectivity index (χ2n) is 6.24. The van der Waals surface area contributed by atoms with Crippen molar-refractivity contribution in [3.05, 3.63) is 0 Å². The molecule has 0 spiro atoms. The first-order valence-corrected chi connectivity index (χ1v) is 7.20. The molecule has 0 aromatic carbocycles. The second kappa shape index (κ2) is 5.57. The summed E-state index contributed by atoms with van der Waals surface area (Å²) in [5, 5.41) is 9.18. The predicted octanol–water partition coefficient (Wildman–Crippen LogP) is 1.51. The zero-order valence-electron chi connectivity index (χ0n) is 11.8. The Labute approximate surface area is 110 Å². The van der Waals surface area contributed by atoms with Crippen LogP contribution in [0.4, 0.5) is 0 Å². The summed E-state index contributed by atoms with van der Waals surface area (Å²) in [7, 11) is 0. The molecular formula is C14H26N2O2. The first-order chi connectivity index (χ1) is 8.49. The van der Waals surface area contributed by atoms with Crippen LogP contribution in [0.3, 0.4) is 0 Å². The van der Waals surface area contributed by atoms with Crippen molar-refractivity contribution < 1.29 is 9.90 Å². The molecule has 104 valence electrons. The molecule has 0 amide bonds. The maximum atomic E-state index is 11.1. The lowest BCUT2D eigenvalue weighted by molar-refractivity contribution is -0.142. The molecular weight excluding hydrogens is 228 g/mol. The fourth-order valence-corrected chi connectivity index (χ4v) is 3.39. The van der Waals surface area contributed by atoms with Gasteiger partial charge in [-0.15, -0.1) is 0 Å². The normalized spacial score (nSPS) is 32.2. The van der Waals surface area contributed by atoms with E-state index >= 15 is 0 Å². The zero-order valence-corrected chi connectivity index (χ0v) is 11.8. The van der Waals surface area contributed by atoms with E-state index in [1.165, 1.54) is 12.8 Å². The summed E-state index contributed by atoms with van der Waals surface area (Å²) in [6, 6.07) is 1.24. The van der Waals surface area contributed by atoms with Gasteiger partial charge in [0.25, 0.3) is 0 Å². The molecule has 4 nitrogen and oxygen atoms in total. The molecule has 2 aliphatic heterocycles. The molecule has 0 aromatic rings. The quantitative estimate of drug-likeness (QED) is 0.829. The Bertz CT molecular complexity index is 298. The van der Waals surface area contributed by atoms with Crippen LogP contribution in [0, 0.1) is 11.8 Å². The molecule has 2 fully saturated rings. The number of aliphatic carboxylic acids is 1. The van der Waals surface area contributed by atoms with E-state index < -0.39 is 5.97 Å². The lowest BCUT2D eigenvalue weighted by Crippen LogP contribution is -2.46. The van der Waals surface area contributed by atoms with Gasteiger partial charge in [0, 0.05) is 25.2 Å². The van der Waals surface area contributed by atoms with Crippen LogP contribution >= 0.6 is 0 Å². The van der Waals surface area contributed by atoms with Crippen molar-refractivity contribution in [2.75, 3.05) is 26.2 Å². The molecule has 0 aromatic heterocycles. The highest BCUT2D eigenvalue weighted by Gasteiger charge is 2.38. The smallest absolute Gasteiger partial charge is 0.308 e. The number of nitrogens with zero attached hydrogens (tertiary/aromatic N) is 2. The SMILES string of the molecule is CC(C)N1CCC(N2C[C@@H](C)[C@H](C(=O)O)C2)CC1. The molecule has 0 unspecified atom stereocenters. The van der Waals surface area contributed by atoms with Gasteiger partial charge in [-0.3, -0.25) is 9.69 Å². The largest absolute Gasteiger partial charge is 0.481 e. The fraction of sp³-hybridized carbons (Fsp3) is 0.929. The van der Waals surface area contributed by atoms with Crippen molar-refractivity contribution in [1.29, 1.82) is 0 Å². The minimum atomic E-state index is -0.621. The summed E-state index contributed by atoms with van der Waals surface area (Å²) in [4.78, 5) is 16.1. The molecule has 2 saturated heterocycles. The average molecular weight is 254 g/mol. The van der Waals surface area contributed by atoms with Crippen molar-refractivity contribution in [3.8, 4) is 0 Å². The Balaban J connectivity index is 1.86. The third-order valence-corrected chi connectivity index (χ3v) is 4.70. The summed E-state index contributed by atoms with van der Waals surface area (Å²) < 4.78 is 0. The van der Waals surface area contributed by atoms with Gasteiger partial charge in [-0.05, 0) is 45.7 Å². The minimum absolute atomic E-state index is 0.159. The zero-order chi connectivity index (χ0) is 13.3. The first kappa shape index (κ1) is 13.8. The van der Waals surface area contributed by atoms with Crippen molar-refractivity contribution in [2.24, 2.45) is 11.8 Å². The van der Waals surface area contributed by atoms with Crippen LogP contribution in [0.5, 0.6) is 0 Å². The number of likely N-dealkylation sites (tertiary alicyclic amines) is 2. The second-order valence-corrected chi connectivity index (χ2v) is 6.24. The third kappa shape index (κ3) is 2.86. The molecule has 2 heterocycles. The Hall–Kier alpha value is -0.610. The van der Waals surface area contributed by atoms with E-state index in [9.17, 15) is 9.90 Å². The number of rotatable bonds is 3. The number of carboxylic acid groups (broad SMARTS) is 1. The Morgan fingerprint density at radius 2 is 1.83 bits per heavy atom. The number of hydrogen-bond donors (Lipinski definition) is 1. The molecule has 1 N–H and O–H groups in total. The summed E-state index contributed by atoms with van der Waals surface area (Å²) in [6.45, 7) is 10.6. The van der Waals surface area contributed by atoms with Crippen molar-refractivity contribution in [1.82, 2.24) is 9.80 Å². The lowest BCUT2D eigenvalue weighted by Gasteiger charge is -2.38. The van der Waals surface area contributed by atoms with E-state index in [1.807, 2.05) is 0 Å². The number of carbonyl (C=O) groups is 1. The molecule has 2 aliphatic rings. The summed E-state index contributed by atoms with van der Waals surface area (Å²) in [6.07, 6.45) is 2.38. The van der Waals surface area contributed by atoms with Crippen LogP contribution in [0.25, 0.3) is 0 Å². The van der Waals surface area contributed by atoms with E-state index in [-0.39, 0.29) is 5.92 Å². The Kier molecular flexibility index (Phi) is 4.28. The molecule has 0 aliphatic carbocycles. The molecule has 0 radical (unpaired) electrons. The van der Waals surface area contributed by atoms with Crippen molar-refractivity contribution in [3.63, 3.8) is 0 Å². The molecule has 0 saturated carbocycles. The first-order valence-electron chi connectivity index (χ1n) is 7.20. The van der Waals surface area contributed by atoms with E-state index in [0.29, 0.717) is 18.0 Å². The van der Waals surface area contributed by atoms with Gasteiger partial charge in [0.1, 0.15) is 0 Å². The standard InChI is InChI=1S/C14H26N2O2/c1-10(2)15-6-4-12(5-7-15)16-8-11(3)13(9-16)14(17)18/h10-13H,4-9H2,1-3H3,(H,17,18)/t11-,13-/m1/s1. The van der Waals surface area contributed by atoms with Gasteiger partial charge in [-0.1, -0.05) is 6.92 Å². The summed E-state index contributed by atoms with van der Waals surface area (Å²) in [5.41, 5.74) is 0. The summed E-state index contributed by atoms with van der Waals surface area (Å²) in [5.74, 6) is -0.483. The average Bonchev–Trinajstić information content (AvgIpc) is 2.71. The van der Waals surface area contributed by atoms with Crippen molar-refractivity contribution in [2.45, 2.75) is 45.7 Å². The van der Waals surface area contributed by atoms with Gasteiger partial charge < -0.3 is 10.0 Å². The van der Waals surface area contributed by atoms with Gasteiger partial charge in [0.05, 0.1) is 5.92 Å².